The molecule has 0 amide bonds. The van der Waals surface area contributed by atoms with Crippen LogP contribution in [0, 0.1) is 0 Å². The average Bonchev–Trinajstić information content (AvgIpc) is 2.47. The summed E-state index contributed by atoms with van der Waals surface area (Å²) >= 11 is 0. The maximum atomic E-state index is 12.9. The number of nitrogens with two attached hydrogens (primary N) is 1. The lowest BCUT2D eigenvalue weighted by molar-refractivity contribution is 0.332. The van der Waals surface area contributed by atoms with Gasteiger partial charge in [0.2, 0.25) is 0 Å². The predicted octanol–water partition coefficient (Wildman–Crippen LogP) is 2.91. The van der Waals surface area contributed by atoms with E-state index < -0.39 is 7.52 Å². The van der Waals surface area contributed by atoms with E-state index in [1.165, 1.54) is 0 Å². The van der Waals surface area contributed by atoms with Crippen molar-refractivity contribution in [2.24, 2.45) is 0 Å². The first-order valence-corrected chi connectivity index (χ1v) is 8.16. The van der Waals surface area contributed by atoms with Crippen LogP contribution in [0.2, 0.25) is 0 Å². The fraction of sp³-hybridized carbons (Fsp3) is 0.200. The Morgan fingerprint density at radius 1 is 1.10 bits per heavy atom. The van der Waals surface area contributed by atoms with Gasteiger partial charge in [0, 0.05) is 12.2 Å². The van der Waals surface area contributed by atoms with Crippen LogP contribution in [0.25, 0.3) is 0 Å². The van der Waals surface area contributed by atoms with Crippen LogP contribution in [0.3, 0.4) is 0 Å². The van der Waals surface area contributed by atoms with Gasteiger partial charge < -0.3 is 10.3 Å². The van der Waals surface area contributed by atoms with Gasteiger partial charge in [0.1, 0.15) is 0 Å². The third kappa shape index (κ3) is 3.70. The van der Waals surface area contributed by atoms with Crippen molar-refractivity contribution >= 4 is 18.5 Å². The zero-order valence-corrected chi connectivity index (χ0v) is 12.3. The number of rotatable bonds is 6. The topological polar surface area (TPSA) is 64.3 Å². The molecule has 0 unspecified atom stereocenters. The summed E-state index contributed by atoms with van der Waals surface area (Å²) in [7, 11) is -3.06. The van der Waals surface area contributed by atoms with Crippen molar-refractivity contribution in [2.45, 2.75) is 13.5 Å². The van der Waals surface area contributed by atoms with Gasteiger partial charge in [-0.05, 0) is 36.8 Å². The molecule has 4 nitrogen and oxygen atoms in total. The SMILES string of the molecule is CCO[P@](=O)(NCc1ccccc1)c1ccc(N)cc1. The average molecular weight is 290 g/mol. The Morgan fingerprint density at radius 3 is 2.35 bits per heavy atom. The zero-order valence-electron chi connectivity index (χ0n) is 11.5. The van der Waals surface area contributed by atoms with E-state index in [1.807, 2.05) is 37.3 Å². The van der Waals surface area contributed by atoms with Gasteiger partial charge in [0.25, 0.3) is 7.52 Å². The lowest BCUT2D eigenvalue weighted by Gasteiger charge is -2.19. The van der Waals surface area contributed by atoms with E-state index in [0.29, 0.717) is 24.1 Å². The summed E-state index contributed by atoms with van der Waals surface area (Å²) in [5.74, 6) is 0. The second-order valence-corrected chi connectivity index (χ2v) is 6.58. The standard InChI is InChI=1S/C15H19N2O2P/c1-2-19-20(18,15-10-8-14(16)9-11-15)17-12-13-6-4-3-5-7-13/h3-11H,2,12,16H2,1H3,(H,17,18)/t20-/m0/s1. The van der Waals surface area contributed by atoms with Crippen LogP contribution in [-0.4, -0.2) is 6.61 Å². The van der Waals surface area contributed by atoms with E-state index >= 15 is 0 Å². The minimum atomic E-state index is -3.06. The summed E-state index contributed by atoms with van der Waals surface area (Å²) in [5, 5.41) is 3.67. The molecule has 0 fully saturated rings. The van der Waals surface area contributed by atoms with Crippen LogP contribution in [0.5, 0.6) is 0 Å². The molecule has 0 aromatic heterocycles. The smallest absolute Gasteiger partial charge is 0.300 e. The van der Waals surface area contributed by atoms with Crippen molar-refractivity contribution < 1.29 is 9.09 Å². The summed E-state index contributed by atoms with van der Waals surface area (Å²) in [6.07, 6.45) is 0. The molecular formula is C15H19N2O2P. The van der Waals surface area contributed by atoms with E-state index in [9.17, 15) is 4.57 Å². The molecule has 0 saturated carbocycles. The molecule has 0 saturated heterocycles. The van der Waals surface area contributed by atoms with Gasteiger partial charge in [-0.15, -0.1) is 0 Å². The highest BCUT2D eigenvalue weighted by atomic mass is 31.2. The van der Waals surface area contributed by atoms with E-state index in [-0.39, 0.29) is 0 Å². The van der Waals surface area contributed by atoms with Crippen LogP contribution in [-0.2, 0) is 15.6 Å². The Balaban J connectivity index is 2.17. The number of anilines is 1. The Kier molecular flexibility index (Phi) is 4.96. The predicted molar refractivity (Wildman–Crippen MR) is 83.0 cm³/mol. The normalized spacial score (nSPS) is 13.8. The number of nitrogens with one attached hydrogen (secondary N) is 1. The Labute approximate surface area is 119 Å². The molecule has 106 valence electrons. The zero-order chi connectivity index (χ0) is 14.4. The molecule has 0 heterocycles. The molecule has 2 rings (SSSR count). The van der Waals surface area contributed by atoms with Crippen molar-refractivity contribution in [3.63, 3.8) is 0 Å². The molecule has 0 spiro atoms. The van der Waals surface area contributed by atoms with E-state index in [2.05, 4.69) is 5.09 Å². The number of hydrogen-bond acceptors (Lipinski definition) is 3. The molecule has 5 heteroatoms. The van der Waals surface area contributed by atoms with Crippen molar-refractivity contribution in [2.75, 3.05) is 12.3 Å². The minimum Gasteiger partial charge on any atom is -0.399 e. The summed E-state index contributed by atoms with van der Waals surface area (Å²) in [6, 6.07) is 16.7. The molecule has 1 atom stereocenters. The third-order valence-corrected chi connectivity index (χ3v) is 5.05. The first-order valence-electron chi connectivity index (χ1n) is 6.54. The van der Waals surface area contributed by atoms with Gasteiger partial charge >= 0.3 is 0 Å². The van der Waals surface area contributed by atoms with Gasteiger partial charge in [0.05, 0.1) is 11.9 Å². The first kappa shape index (κ1) is 14.8. The van der Waals surface area contributed by atoms with Crippen molar-refractivity contribution in [1.29, 1.82) is 0 Å². The maximum Gasteiger partial charge on any atom is 0.300 e. The molecule has 20 heavy (non-hydrogen) atoms. The summed E-state index contributed by atoms with van der Waals surface area (Å²) in [5.41, 5.74) is 7.35. The van der Waals surface area contributed by atoms with E-state index in [4.69, 9.17) is 10.3 Å². The van der Waals surface area contributed by atoms with Crippen LogP contribution in [0.1, 0.15) is 12.5 Å². The van der Waals surface area contributed by atoms with Gasteiger partial charge in [-0.3, -0.25) is 4.57 Å². The van der Waals surface area contributed by atoms with Crippen LogP contribution in [0.4, 0.5) is 5.69 Å². The van der Waals surface area contributed by atoms with Gasteiger partial charge in [-0.25, -0.2) is 5.09 Å². The second-order valence-electron chi connectivity index (χ2n) is 4.38. The van der Waals surface area contributed by atoms with E-state index in [0.717, 1.165) is 5.56 Å². The molecule has 0 aliphatic carbocycles. The summed E-state index contributed by atoms with van der Waals surface area (Å²) in [6.45, 7) is 2.69. The number of nitrogen functional groups attached to an aromatic ring is 1. The summed E-state index contributed by atoms with van der Waals surface area (Å²) < 4.78 is 18.4. The van der Waals surface area contributed by atoms with Crippen molar-refractivity contribution in [3.8, 4) is 0 Å². The second kappa shape index (κ2) is 6.71. The highest BCUT2D eigenvalue weighted by Gasteiger charge is 2.24. The van der Waals surface area contributed by atoms with Gasteiger partial charge in [-0.1, -0.05) is 30.3 Å². The van der Waals surface area contributed by atoms with Crippen LogP contribution >= 0.6 is 7.52 Å². The van der Waals surface area contributed by atoms with Crippen molar-refractivity contribution in [1.82, 2.24) is 5.09 Å². The van der Waals surface area contributed by atoms with Crippen LogP contribution in [0.15, 0.2) is 54.6 Å². The lowest BCUT2D eigenvalue weighted by Crippen LogP contribution is -2.21. The third-order valence-electron chi connectivity index (χ3n) is 2.88. The monoisotopic (exact) mass is 290 g/mol. The Hall–Kier alpha value is -1.61. The molecule has 0 bridgehead atoms. The maximum absolute atomic E-state index is 12.9. The fourth-order valence-corrected chi connectivity index (χ4v) is 3.57. The molecule has 0 radical (unpaired) electrons. The van der Waals surface area contributed by atoms with Crippen molar-refractivity contribution in [3.05, 3.63) is 60.2 Å². The Morgan fingerprint density at radius 2 is 1.75 bits per heavy atom. The lowest BCUT2D eigenvalue weighted by atomic mass is 10.2. The first-order chi connectivity index (χ1) is 9.64. The van der Waals surface area contributed by atoms with Crippen LogP contribution < -0.4 is 16.1 Å². The number of benzene rings is 2. The highest BCUT2D eigenvalue weighted by molar-refractivity contribution is 7.65. The molecule has 2 aromatic rings. The van der Waals surface area contributed by atoms with Gasteiger partial charge in [0.15, 0.2) is 0 Å². The Bertz CT molecular complexity index is 585. The minimum absolute atomic E-state index is 0.378. The summed E-state index contributed by atoms with van der Waals surface area (Å²) in [4.78, 5) is 0. The highest BCUT2D eigenvalue weighted by Crippen LogP contribution is 2.41. The molecule has 2 aromatic carbocycles. The quantitative estimate of drug-likeness (QED) is 0.634. The number of hydrogen-bond donors (Lipinski definition) is 2. The molecule has 3 N–H and O–H groups in total. The molecular weight excluding hydrogens is 271 g/mol. The largest absolute Gasteiger partial charge is 0.399 e. The van der Waals surface area contributed by atoms with E-state index in [1.54, 1.807) is 24.3 Å². The molecule has 0 aliphatic rings. The van der Waals surface area contributed by atoms with Gasteiger partial charge in [-0.2, -0.15) is 0 Å². The molecule has 0 aliphatic heterocycles. The fourth-order valence-electron chi connectivity index (χ4n) is 1.86.